The molecule has 1 atom stereocenters. The highest BCUT2D eigenvalue weighted by atomic mass is 16.5. The van der Waals surface area contributed by atoms with Crippen molar-refractivity contribution in [2.75, 3.05) is 53.0 Å². The summed E-state index contributed by atoms with van der Waals surface area (Å²) in [4.78, 5) is 31.5. The summed E-state index contributed by atoms with van der Waals surface area (Å²) in [6.07, 6.45) is 5.45. The van der Waals surface area contributed by atoms with Crippen LogP contribution in [0.2, 0.25) is 0 Å². The molecule has 2 aliphatic heterocycles. The molecule has 3 rings (SSSR count). The second-order valence-electron chi connectivity index (χ2n) is 7.94. The maximum Gasteiger partial charge on any atom is 0.224 e. The first-order valence-corrected chi connectivity index (χ1v) is 9.88. The Kier molecular flexibility index (Phi) is 6.00. The van der Waals surface area contributed by atoms with Gasteiger partial charge in [0.2, 0.25) is 11.8 Å². The van der Waals surface area contributed by atoms with Crippen LogP contribution < -0.4 is 0 Å². The fraction of sp³-hybridized carbons (Fsp3) is 0.895. The van der Waals surface area contributed by atoms with E-state index in [0.717, 1.165) is 51.5 Å². The third kappa shape index (κ3) is 4.53. The molecule has 0 aromatic heterocycles. The molecule has 0 aromatic carbocycles. The normalized spacial score (nSPS) is 28.5. The second-order valence-corrected chi connectivity index (χ2v) is 7.94. The molecule has 3 fully saturated rings. The van der Waals surface area contributed by atoms with E-state index in [1.54, 1.807) is 0 Å². The van der Waals surface area contributed by atoms with Gasteiger partial charge < -0.3 is 14.5 Å². The van der Waals surface area contributed by atoms with Gasteiger partial charge in [-0.05, 0) is 45.6 Å². The van der Waals surface area contributed by atoms with Gasteiger partial charge in [0.1, 0.15) is 0 Å². The summed E-state index contributed by atoms with van der Waals surface area (Å²) >= 11 is 0. The molecule has 6 heteroatoms. The van der Waals surface area contributed by atoms with E-state index in [0.29, 0.717) is 32.0 Å². The van der Waals surface area contributed by atoms with E-state index in [1.807, 2.05) is 11.8 Å². The SMILES string of the molecule is CCOCCC(=O)N1CCN(C)[C@]2(CCC(=O)N(CC3CC3)CC2)C1. The minimum Gasteiger partial charge on any atom is -0.381 e. The summed E-state index contributed by atoms with van der Waals surface area (Å²) in [5.74, 6) is 1.22. The van der Waals surface area contributed by atoms with Crippen molar-refractivity contribution in [1.29, 1.82) is 0 Å². The van der Waals surface area contributed by atoms with Crippen LogP contribution in [0, 0.1) is 5.92 Å². The van der Waals surface area contributed by atoms with Crippen molar-refractivity contribution in [1.82, 2.24) is 14.7 Å². The van der Waals surface area contributed by atoms with Gasteiger partial charge in [-0.15, -0.1) is 0 Å². The number of piperazine rings is 1. The van der Waals surface area contributed by atoms with Gasteiger partial charge in [0.25, 0.3) is 0 Å². The van der Waals surface area contributed by atoms with Gasteiger partial charge in [0.05, 0.1) is 13.0 Å². The third-order valence-corrected chi connectivity index (χ3v) is 6.20. The van der Waals surface area contributed by atoms with Crippen molar-refractivity contribution in [3.63, 3.8) is 0 Å². The average molecular weight is 351 g/mol. The van der Waals surface area contributed by atoms with Crippen molar-refractivity contribution in [3.05, 3.63) is 0 Å². The van der Waals surface area contributed by atoms with Gasteiger partial charge in [-0.2, -0.15) is 0 Å². The van der Waals surface area contributed by atoms with E-state index >= 15 is 0 Å². The van der Waals surface area contributed by atoms with Crippen LogP contribution in [0.15, 0.2) is 0 Å². The van der Waals surface area contributed by atoms with Crippen molar-refractivity contribution < 1.29 is 14.3 Å². The quantitative estimate of drug-likeness (QED) is 0.678. The molecule has 0 N–H and O–H groups in total. The Morgan fingerprint density at radius 1 is 1.24 bits per heavy atom. The first-order valence-electron chi connectivity index (χ1n) is 9.88. The Morgan fingerprint density at radius 3 is 2.76 bits per heavy atom. The van der Waals surface area contributed by atoms with Crippen LogP contribution in [0.3, 0.4) is 0 Å². The fourth-order valence-electron chi connectivity index (χ4n) is 4.17. The van der Waals surface area contributed by atoms with Crippen molar-refractivity contribution >= 4 is 11.8 Å². The second kappa shape index (κ2) is 8.04. The van der Waals surface area contributed by atoms with Crippen LogP contribution in [-0.2, 0) is 14.3 Å². The maximum atomic E-state index is 12.5. The van der Waals surface area contributed by atoms with Crippen LogP contribution in [0.25, 0.3) is 0 Å². The predicted octanol–water partition coefficient (Wildman–Crippen LogP) is 1.35. The topological polar surface area (TPSA) is 53.1 Å². The van der Waals surface area contributed by atoms with Gasteiger partial charge in [0.15, 0.2) is 0 Å². The molecular weight excluding hydrogens is 318 g/mol. The minimum atomic E-state index is -0.0481. The lowest BCUT2D eigenvalue weighted by Gasteiger charge is -2.49. The van der Waals surface area contributed by atoms with Gasteiger partial charge in [0, 0.05) is 51.3 Å². The summed E-state index contributed by atoms with van der Waals surface area (Å²) in [6.45, 7) is 7.29. The van der Waals surface area contributed by atoms with Crippen LogP contribution in [0.5, 0.6) is 0 Å². The number of likely N-dealkylation sites (tertiary alicyclic amines) is 1. The minimum absolute atomic E-state index is 0.0481. The van der Waals surface area contributed by atoms with E-state index in [4.69, 9.17) is 4.74 Å². The number of amides is 2. The number of nitrogens with zero attached hydrogens (tertiary/aromatic N) is 3. The highest BCUT2D eigenvalue weighted by Gasteiger charge is 2.43. The molecule has 1 spiro atoms. The van der Waals surface area contributed by atoms with E-state index in [9.17, 15) is 9.59 Å². The average Bonchev–Trinajstić information content (AvgIpc) is 3.43. The van der Waals surface area contributed by atoms with Gasteiger partial charge in [-0.1, -0.05) is 0 Å². The number of rotatable bonds is 6. The predicted molar refractivity (Wildman–Crippen MR) is 96.2 cm³/mol. The molecule has 0 unspecified atom stereocenters. The standard InChI is InChI=1S/C19H33N3O3/c1-3-25-13-7-18(24)22-12-11-20(2)19(15-22)8-6-17(23)21(10-9-19)14-16-4-5-16/h16H,3-15H2,1-2H3/t19-/m0/s1. The lowest BCUT2D eigenvalue weighted by atomic mass is 9.86. The van der Waals surface area contributed by atoms with Gasteiger partial charge >= 0.3 is 0 Å². The Hall–Kier alpha value is -1.14. The first-order chi connectivity index (χ1) is 12.0. The highest BCUT2D eigenvalue weighted by molar-refractivity contribution is 5.77. The van der Waals surface area contributed by atoms with Crippen LogP contribution in [0.1, 0.15) is 45.4 Å². The van der Waals surface area contributed by atoms with Crippen molar-refractivity contribution in [3.8, 4) is 0 Å². The number of ether oxygens (including phenoxy) is 1. The van der Waals surface area contributed by atoms with Crippen molar-refractivity contribution in [2.45, 2.75) is 51.0 Å². The highest BCUT2D eigenvalue weighted by Crippen LogP contribution is 2.35. The van der Waals surface area contributed by atoms with Gasteiger partial charge in [-0.25, -0.2) is 0 Å². The molecule has 2 heterocycles. The molecule has 25 heavy (non-hydrogen) atoms. The summed E-state index contributed by atoms with van der Waals surface area (Å²) in [5, 5.41) is 0. The first kappa shape index (κ1) is 18.6. The number of likely N-dealkylation sites (N-methyl/N-ethyl adjacent to an activating group) is 1. The van der Waals surface area contributed by atoms with E-state index in [2.05, 4.69) is 16.8 Å². The molecule has 2 amide bonds. The molecule has 1 aliphatic carbocycles. The molecular formula is C19H33N3O3. The van der Waals surface area contributed by atoms with Crippen LogP contribution in [-0.4, -0.2) is 85.0 Å². The van der Waals surface area contributed by atoms with E-state index in [-0.39, 0.29) is 11.4 Å². The zero-order chi connectivity index (χ0) is 17.9. The summed E-state index contributed by atoms with van der Waals surface area (Å²) in [6, 6.07) is 0. The van der Waals surface area contributed by atoms with E-state index in [1.165, 1.54) is 12.8 Å². The summed E-state index contributed by atoms with van der Waals surface area (Å²) in [5.41, 5.74) is -0.0481. The molecule has 0 bridgehead atoms. The Labute approximate surface area is 151 Å². The number of carbonyl (C=O) groups is 2. The molecule has 6 nitrogen and oxygen atoms in total. The smallest absolute Gasteiger partial charge is 0.224 e. The zero-order valence-corrected chi connectivity index (χ0v) is 15.8. The summed E-state index contributed by atoms with van der Waals surface area (Å²) in [7, 11) is 2.16. The molecule has 0 radical (unpaired) electrons. The Balaban J connectivity index is 1.61. The molecule has 2 saturated heterocycles. The zero-order valence-electron chi connectivity index (χ0n) is 15.8. The van der Waals surface area contributed by atoms with Crippen LogP contribution >= 0.6 is 0 Å². The molecule has 0 aromatic rings. The molecule has 142 valence electrons. The van der Waals surface area contributed by atoms with Gasteiger partial charge in [-0.3, -0.25) is 14.5 Å². The molecule has 1 saturated carbocycles. The monoisotopic (exact) mass is 351 g/mol. The number of hydrogen-bond acceptors (Lipinski definition) is 4. The number of hydrogen-bond donors (Lipinski definition) is 0. The van der Waals surface area contributed by atoms with Crippen molar-refractivity contribution in [2.24, 2.45) is 5.92 Å². The largest absolute Gasteiger partial charge is 0.381 e. The van der Waals surface area contributed by atoms with E-state index < -0.39 is 0 Å². The van der Waals surface area contributed by atoms with Crippen LogP contribution in [0.4, 0.5) is 0 Å². The lowest BCUT2D eigenvalue weighted by molar-refractivity contribution is -0.138. The molecule has 3 aliphatic rings. The number of carbonyl (C=O) groups excluding carboxylic acids is 2. The third-order valence-electron chi connectivity index (χ3n) is 6.20. The Morgan fingerprint density at radius 2 is 2.04 bits per heavy atom. The Bertz CT molecular complexity index is 494. The summed E-state index contributed by atoms with van der Waals surface area (Å²) < 4.78 is 5.33. The lowest BCUT2D eigenvalue weighted by Crippen LogP contribution is -2.62. The maximum absolute atomic E-state index is 12.5. The fourth-order valence-corrected chi connectivity index (χ4v) is 4.17.